The zero-order valence-corrected chi connectivity index (χ0v) is 16.3. The van der Waals surface area contributed by atoms with Gasteiger partial charge in [0.25, 0.3) is 0 Å². The molecule has 4 nitrogen and oxygen atoms in total. The van der Waals surface area contributed by atoms with Crippen LogP contribution in [-0.2, 0) is 11.5 Å². The maximum Gasteiger partial charge on any atom is 0.343 e. The first-order chi connectivity index (χ1) is 14.1. The second-order valence-electron chi connectivity index (χ2n) is 6.43. The maximum atomic E-state index is 12.3. The lowest BCUT2D eigenvalue weighted by atomic mass is 10.1. The van der Waals surface area contributed by atoms with E-state index in [-0.39, 0.29) is 0 Å². The van der Waals surface area contributed by atoms with Gasteiger partial charge in [-0.1, -0.05) is 61.7 Å². The molecule has 0 aromatic heterocycles. The molecule has 29 heavy (non-hydrogen) atoms. The predicted octanol–water partition coefficient (Wildman–Crippen LogP) is 6.01. The minimum absolute atomic E-state index is 0.314. The first-order valence-corrected chi connectivity index (χ1v) is 9.15. The van der Waals surface area contributed by atoms with Crippen LogP contribution >= 0.6 is 0 Å². The van der Waals surface area contributed by atoms with Gasteiger partial charge in [0.2, 0.25) is 0 Å². The predicted molar refractivity (Wildman–Crippen MR) is 115 cm³/mol. The molecule has 0 saturated heterocycles. The number of aryl methyl sites for hydroxylation is 1. The fourth-order valence-electron chi connectivity index (χ4n) is 2.61. The summed E-state index contributed by atoms with van der Waals surface area (Å²) in [5, 5.41) is 0. The molecule has 3 rings (SSSR count). The van der Waals surface area contributed by atoms with E-state index >= 15 is 0 Å². The number of hydrogen-bond acceptors (Lipinski definition) is 4. The third-order valence-electron chi connectivity index (χ3n) is 4.33. The summed E-state index contributed by atoms with van der Waals surface area (Å²) in [6.45, 7) is 9.59. The van der Waals surface area contributed by atoms with Crippen LogP contribution in [0.5, 0.6) is 11.5 Å². The average molecular weight is 386 g/mol. The van der Waals surface area contributed by atoms with Crippen molar-refractivity contribution in [1.82, 2.24) is 0 Å². The molecule has 3 aromatic carbocycles. The molecule has 0 heterocycles. The van der Waals surface area contributed by atoms with Gasteiger partial charge in [0, 0.05) is 0 Å². The van der Waals surface area contributed by atoms with Crippen molar-refractivity contribution < 1.29 is 19.3 Å². The summed E-state index contributed by atoms with van der Waals surface area (Å²) in [5.74, 6) is 0.573. The Morgan fingerprint density at radius 3 is 2.10 bits per heavy atom. The molecule has 0 amide bonds. The molecule has 0 atom stereocenters. The molecule has 0 saturated carbocycles. The van der Waals surface area contributed by atoms with E-state index in [9.17, 15) is 4.79 Å². The molecular weight excluding hydrogens is 364 g/mol. The lowest BCUT2D eigenvalue weighted by molar-refractivity contribution is -0.217. The monoisotopic (exact) mass is 386 g/mol. The van der Waals surface area contributed by atoms with Crippen LogP contribution in [-0.4, -0.2) is 5.97 Å². The van der Waals surface area contributed by atoms with Crippen LogP contribution in [0.3, 0.4) is 0 Å². The summed E-state index contributed by atoms with van der Waals surface area (Å²) in [5.41, 5.74) is 4.24. The molecule has 0 aliphatic carbocycles. The molecule has 0 aliphatic rings. The van der Waals surface area contributed by atoms with Gasteiger partial charge in [-0.05, 0) is 59.5 Å². The third-order valence-corrected chi connectivity index (χ3v) is 4.33. The highest BCUT2D eigenvalue weighted by atomic mass is 17.2. The number of benzene rings is 3. The van der Waals surface area contributed by atoms with Crippen LogP contribution in [0, 0.1) is 6.92 Å². The molecule has 0 unspecified atom stereocenters. The lowest BCUT2D eigenvalue weighted by Crippen LogP contribution is -2.08. The number of ether oxygens (including phenoxy) is 1. The molecule has 0 radical (unpaired) electrons. The van der Waals surface area contributed by atoms with Crippen LogP contribution in [0.1, 0.15) is 32.6 Å². The normalized spacial score (nSPS) is 10.2. The quantitative estimate of drug-likeness (QED) is 0.206. The van der Waals surface area contributed by atoms with Crippen LogP contribution in [0.25, 0.3) is 12.2 Å². The van der Waals surface area contributed by atoms with E-state index < -0.39 is 5.97 Å². The number of carbonyl (C=O) groups excluding carboxylic acids is 1. The zero-order valence-electron chi connectivity index (χ0n) is 16.3. The minimum Gasteiger partial charge on any atom is -0.423 e. The third kappa shape index (κ3) is 5.43. The van der Waals surface area contributed by atoms with Crippen molar-refractivity contribution in [3.8, 4) is 11.5 Å². The van der Waals surface area contributed by atoms with Crippen molar-refractivity contribution in [2.24, 2.45) is 0 Å². The highest BCUT2D eigenvalue weighted by Crippen LogP contribution is 2.24. The van der Waals surface area contributed by atoms with Gasteiger partial charge in [-0.15, -0.1) is 0 Å². The Morgan fingerprint density at radius 2 is 1.52 bits per heavy atom. The molecule has 146 valence electrons. The van der Waals surface area contributed by atoms with Gasteiger partial charge in [-0.2, -0.15) is 4.89 Å². The van der Waals surface area contributed by atoms with Gasteiger partial charge in [0.15, 0.2) is 5.75 Å². The van der Waals surface area contributed by atoms with Gasteiger partial charge in [-0.25, -0.2) is 4.79 Å². The SMILES string of the molecule is C=Cc1ccc(COOc2ccc(OC(=O)c3ccc(C=C)cc3)cc2C)cc1. The molecule has 0 fully saturated rings. The minimum atomic E-state index is -0.423. The summed E-state index contributed by atoms with van der Waals surface area (Å²) in [7, 11) is 0. The Balaban J connectivity index is 1.56. The largest absolute Gasteiger partial charge is 0.423 e. The van der Waals surface area contributed by atoms with Gasteiger partial charge < -0.3 is 9.62 Å². The van der Waals surface area contributed by atoms with Crippen molar-refractivity contribution in [3.63, 3.8) is 0 Å². The first kappa shape index (κ1) is 20.1. The van der Waals surface area contributed by atoms with Crippen molar-refractivity contribution in [2.75, 3.05) is 0 Å². The Kier molecular flexibility index (Phi) is 6.61. The van der Waals surface area contributed by atoms with E-state index in [1.807, 2.05) is 43.3 Å². The fraction of sp³-hybridized carbons (Fsp3) is 0.0800. The van der Waals surface area contributed by atoms with Crippen LogP contribution in [0.2, 0.25) is 0 Å². The molecule has 0 aliphatic heterocycles. The summed E-state index contributed by atoms with van der Waals surface area (Å²) >= 11 is 0. The van der Waals surface area contributed by atoms with E-state index in [0.717, 1.165) is 22.3 Å². The van der Waals surface area contributed by atoms with Crippen LogP contribution < -0.4 is 9.62 Å². The van der Waals surface area contributed by atoms with Gasteiger partial charge >= 0.3 is 5.97 Å². The molecule has 0 N–H and O–H groups in total. The van der Waals surface area contributed by atoms with Crippen molar-refractivity contribution in [1.29, 1.82) is 0 Å². The Labute approximate surface area is 170 Å². The van der Waals surface area contributed by atoms with E-state index in [2.05, 4.69) is 13.2 Å². The maximum absolute atomic E-state index is 12.3. The number of hydrogen-bond donors (Lipinski definition) is 0. The topological polar surface area (TPSA) is 44.8 Å². The Morgan fingerprint density at radius 1 is 0.897 bits per heavy atom. The summed E-state index contributed by atoms with van der Waals surface area (Å²) in [6, 6.07) is 20.0. The molecule has 0 bridgehead atoms. The molecule has 4 heteroatoms. The Hall–Kier alpha value is -3.63. The van der Waals surface area contributed by atoms with Crippen molar-refractivity contribution >= 4 is 18.1 Å². The second-order valence-corrected chi connectivity index (χ2v) is 6.43. The van der Waals surface area contributed by atoms with Crippen LogP contribution in [0.15, 0.2) is 79.9 Å². The number of esters is 1. The van der Waals surface area contributed by atoms with E-state index in [1.165, 1.54) is 0 Å². The van der Waals surface area contributed by atoms with Gasteiger partial charge in [-0.3, -0.25) is 0 Å². The highest BCUT2D eigenvalue weighted by Gasteiger charge is 2.10. The first-order valence-electron chi connectivity index (χ1n) is 9.15. The molecule has 0 spiro atoms. The zero-order chi connectivity index (χ0) is 20.6. The second kappa shape index (κ2) is 9.53. The van der Waals surface area contributed by atoms with E-state index in [0.29, 0.717) is 23.7 Å². The lowest BCUT2D eigenvalue weighted by Gasteiger charge is -2.10. The van der Waals surface area contributed by atoms with Crippen molar-refractivity contribution in [3.05, 3.63) is 108 Å². The van der Waals surface area contributed by atoms with Crippen LogP contribution in [0.4, 0.5) is 0 Å². The van der Waals surface area contributed by atoms with E-state index in [1.54, 1.807) is 42.5 Å². The van der Waals surface area contributed by atoms with Gasteiger partial charge in [0.05, 0.1) is 5.56 Å². The summed E-state index contributed by atoms with van der Waals surface area (Å²) < 4.78 is 5.44. The Bertz CT molecular complexity index is 1000. The number of carbonyl (C=O) groups is 1. The number of rotatable bonds is 8. The van der Waals surface area contributed by atoms with Crippen molar-refractivity contribution in [2.45, 2.75) is 13.5 Å². The smallest absolute Gasteiger partial charge is 0.343 e. The standard InChI is InChI=1S/C25H22O4/c1-4-19-6-8-21(9-7-19)17-27-29-24-15-14-23(16-18(24)3)28-25(26)22-12-10-20(5-2)11-13-22/h4-16H,1-2,17H2,3H3. The average Bonchev–Trinajstić information content (AvgIpc) is 2.75. The molecular formula is C25H22O4. The molecule has 3 aromatic rings. The van der Waals surface area contributed by atoms with Gasteiger partial charge in [0.1, 0.15) is 12.4 Å². The summed E-state index contributed by atoms with van der Waals surface area (Å²) in [6.07, 6.45) is 3.50. The summed E-state index contributed by atoms with van der Waals surface area (Å²) in [4.78, 5) is 23.0. The fourth-order valence-corrected chi connectivity index (χ4v) is 2.61. The van der Waals surface area contributed by atoms with E-state index in [4.69, 9.17) is 14.5 Å². The highest BCUT2D eigenvalue weighted by molar-refractivity contribution is 5.91.